The number of likely N-dealkylation sites (tertiary alicyclic amines) is 1. The summed E-state index contributed by atoms with van der Waals surface area (Å²) in [5.74, 6) is -0.661. The van der Waals surface area contributed by atoms with E-state index in [0.717, 1.165) is 0 Å². The number of aliphatic hydroxyl groups excluding tert-OH is 1. The number of amides is 1. The Bertz CT molecular complexity index is 299. The fourth-order valence-corrected chi connectivity index (χ4v) is 4.17. The Hall–Kier alpha value is -0.420. The molecule has 1 saturated heterocycles. The molecule has 1 atom stereocenters. The van der Waals surface area contributed by atoms with E-state index in [9.17, 15) is 9.36 Å². The molecule has 0 aromatic rings. The van der Waals surface area contributed by atoms with Crippen molar-refractivity contribution in [3.63, 3.8) is 0 Å². The first-order valence-corrected chi connectivity index (χ1v) is 7.49. The molecule has 0 aromatic carbocycles. The van der Waals surface area contributed by atoms with Gasteiger partial charge in [0, 0.05) is 13.0 Å². The predicted octanol–water partition coefficient (Wildman–Crippen LogP) is 1.19. The second-order valence-electron chi connectivity index (χ2n) is 3.71. The van der Waals surface area contributed by atoms with E-state index in [1.165, 1.54) is 4.90 Å². The molecule has 1 aliphatic heterocycles. The molecule has 1 aliphatic rings. The minimum Gasteiger partial charge on any atom is -0.395 e. The van der Waals surface area contributed by atoms with Gasteiger partial charge < -0.3 is 19.1 Å². The summed E-state index contributed by atoms with van der Waals surface area (Å²) in [6.45, 7) is 4.04. The molecule has 0 aliphatic carbocycles. The van der Waals surface area contributed by atoms with Crippen LogP contribution < -0.4 is 0 Å². The lowest BCUT2D eigenvalue weighted by atomic mass is 10.4. The summed E-state index contributed by atoms with van der Waals surface area (Å²) in [6, 6.07) is 0. The molecule has 0 aromatic heterocycles. The molecular formula is C10H20NO5P. The van der Waals surface area contributed by atoms with Gasteiger partial charge in [0.2, 0.25) is 5.91 Å². The van der Waals surface area contributed by atoms with Gasteiger partial charge in [-0.3, -0.25) is 9.36 Å². The molecule has 0 radical (unpaired) electrons. The summed E-state index contributed by atoms with van der Waals surface area (Å²) >= 11 is 0. The van der Waals surface area contributed by atoms with E-state index in [-0.39, 0.29) is 32.3 Å². The average molecular weight is 265 g/mol. The first-order valence-electron chi connectivity index (χ1n) is 5.88. The van der Waals surface area contributed by atoms with Crippen LogP contribution in [-0.2, 0) is 18.4 Å². The maximum absolute atomic E-state index is 12.5. The minimum atomic E-state index is -3.30. The molecule has 1 unspecified atom stereocenters. The lowest BCUT2D eigenvalue weighted by molar-refractivity contribution is -0.128. The van der Waals surface area contributed by atoms with E-state index in [0.29, 0.717) is 12.8 Å². The SMILES string of the molecule is CCOP(=O)(OCC)C1CCC(=O)N1CCO. The monoisotopic (exact) mass is 265 g/mol. The Labute approximate surface area is 101 Å². The van der Waals surface area contributed by atoms with Gasteiger partial charge in [-0.25, -0.2) is 0 Å². The lowest BCUT2D eigenvalue weighted by Crippen LogP contribution is -2.36. The first-order chi connectivity index (χ1) is 8.09. The number of nitrogens with zero attached hydrogens (tertiary/aromatic N) is 1. The fraction of sp³-hybridized carbons (Fsp3) is 0.900. The van der Waals surface area contributed by atoms with E-state index in [2.05, 4.69) is 0 Å². The highest BCUT2D eigenvalue weighted by Gasteiger charge is 2.45. The van der Waals surface area contributed by atoms with E-state index >= 15 is 0 Å². The van der Waals surface area contributed by atoms with Crippen LogP contribution in [0.3, 0.4) is 0 Å². The Morgan fingerprint density at radius 2 is 2.00 bits per heavy atom. The van der Waals surface area contributed by atoms with Crippen LogP contribution in [0.1, 0.15) is 26.7 Å². The summed E-state index contributed by atoms with van der Waals surface area (Å²) in [6.07, 6.45) is 0.783. The zero-order valence-corrected chi connectivity index (χ0v) is 11.2. The van der Waals surface area contributed by atoms with Crippen molar-refractivity contribution in [1.82, 2.24) is 4.90 Å². The van der Waals surface area contributed by atoms with Gasteiger partial charge in [0.15, 0.2) is 0 Å². The maximum Gasteiger partial charge on any atom is 0.352 e. The zero-order chi connectivity index (χ0) is 12.9. The third kappa shape index (κ3) is 3.28. The number of carbonyl (C=O) groups is 1. The second-order valence-corrected chi connectivity index (χ2v) is 5.90. The third-order valence-corrected chi connectivity index (χ3v) is 5.12. The number of hydrogen-bond acceptors (Lipinski definition) is 5. The highest BCUT2D eigenvalue weighted by Crippen LogP contribution is 2.57. The van der Waals surface area contributed by atoms with Crippen LogP contribution in [0, 0.1) is 0 Å². The van der Waals surface area contributed by atoms with Gasteiger partial charge in [-0.1, -0.05) is 0 Å². The number of β-amino-alcohol motifs (C(OH)–C–C–N with tert-alkyl or cyclic N) is 1. The van der Waals surface area contributed by atoms with E-state index < -0.39 is 13.4 Å². The predicted molar refractivity (Wildman–Crippen MR) is 62.7 cm³/mol. The molecule has 1 rings (SSSR count). The quantitative estimate of drug-likeness (QED) is 0.700. The van der Waals surface area contributed by atoms with Crippen molar-refractivity contribution in [2.75, 3.05) is 26.4 Å². The number of carbonyl (C=O) groups excluding carboxylic acids is 1. The van der Waals surface area contributed by atoms with Gasteiger partial charge in [0.05, 0.1) is 19.8 Å². The molecule has 6 nitrogen and oxygen atoms in total. The van der Waals surface area contributed by atoms with E-state index in [1.54, 1.807) is 13.8 Å². The standard InChI is InChI=1S/C10H20NO5P/c1-3-15-17(14,16-4-2)10-6-5-9(13)11(10)7-8-12/h10,12H,3-8H2,1-2H3. The van der Waals surface area contributed by atoms with Gasteiger partial charge >= 0.3 is 7.60 Å². The Morgan fingerprint density at radius 1 is 1.41 bits per heavy atom. The summed E-state index contributed by atoms with van der Waals surface area (Å²) in [5.41, 5.74) is 0. The average Bonchev–Trinajstić information content (AvgIpc) is 2.62. The summed E-state index contributed by atoms with van der Waals surface area (Å²) in [7, 11) is -3.30. The van der Waals surface area contributed by atoms with Crippen LogP contribution in [0.15, 0.2) is 0 Å². The van der Waals surface area contributed by atoms with Gasteiger partial charge in [0.25, 0.3) is 0 Å². The zero-order valence-electron chi connectivity index (χ0n) is 10.3. The highest BCUT2D eigenvalue weighted by molar-refractivity contribution is 7.54. The maximum atomic E-state index is 12.5. The van der Waals surface area contributed by atoms with Crippen molar-refractivity contribution >= 4 is 13.5 Å². The van der Waals surface area contributed by atoms with Crippen LogP contribution in [0.4, 0.5) is 0 Å². The molecule has 0 bridgehead atoms. The van der Waals surface area contributed by atoms with Crippen LogP contribution in [-0.4, -0.2) is 48.1 Å². The van der Waals surface area contributed by atoms with Crippen molar-refractivity contribution in [3.05, 3.63) is 0 Å². The second kappa shape index (κ2) is 6.50. The van der Waals surface area contributed by atoms with Gasteiger partial charge in [0.1, 0.15) is 5.78 Å². The van der Waals surface area contributed by atoms with E-state index in [4.69, 9.17) is 14.2 Å². The van der Waals surface area contributed by atoms with Crippen LogP contribution in [0.5, 0.6) is 0 Å². The molecule has 0 saturated carbocycles. The molecule has 7 heteroatoms. The molecule has 1 amide bonds. The van der Waals surface area contributed by atoms with Gasteiger partial charge in [-0.2, -0.15) is 0 Å². The molecule has 1 fully saturated rings. The highest BCUT2D eigenvalue weighted by atomic mass is 31.2. The Kier molecular flexibility index (Phi) is 5.59. The van der Waals surface area contributed by atoms with Crippen molar-refractivity contribution in [2.24, 2.45) is 0 Å². The third-order valence-electron chi connectivity index (χ3n) is 2.62. The molecular weight excluding hydrogens is 245 g/mol. The summed E-state index contributed by atoms with van der Waals surface area (Å²) < 4.78 is 23.0. The van der Waals surface area contributed by atoms with Crippen LogP contribution in [0.2, 0.25) is 0 Å². The van der Waals surface area contributed by atoms with Crippen molar-refractivity contribution in [3.8, 4) is 0 Å². The minimum absolute atomic E-state index is 0.108. The smallest absolute Gasteiger partial charge is 0.352 e. The van der Waals surface area contributed by atoms with Crippen molar-refractivity contribution < 1.29 is 23.5 Å². The summed E-state index contributed by atoms with van der Waals surface area (Å²) in [4.78, 5) is 13.0. The Morgan fingerprint density at radius 3 is 2.47 bits per heavy atom. The Balaban J connectivity index is 2.86. The lowest BCUT2D eigenvalue weighted by Gasteiger charge is -2.29. The van der Waals surface area contributed by atoms with E-state index in [1.807, 2.05) is 0 Å². The summed E-state index contributed by atoms with van der Waals surface area (Å²) in [5, 5.41) is 8.92. The number of aliphatic hydroxyl groups is 1. The normalized spacial score (nSPS) is 21.2. The topological polar surface area (TPSA) is 76.1 Å². The molecule has 1 heterocycles. The molecule has 1 N–H and O–H groups in total. The van der Waals surface area contributed by atoms with Crippen molar-refractivity contribution in [2.45, 2.75) is 32.5 Å². The largest absolute Gasteiger partial charge is 0.395 e. The fourth-order valence-electron chi connectivity index (χ4n) is 2.00. The van der Waals surface area contributed by atoms with Gasteiger partial charge in [-0.15, -0.1) is 0 Å². The number of rotatable bonds is 7. The van der Waals surface area contributed by atoms with Crippen LogP contribution in [0.25, 0.3) is 0 Å². The number of hydrogen-bond donors (Lipinski definition) is 1. The first kappa shape index (κ1) is 14.6. The van der Waals surface area contributed by atoms with Crippen molar-refractivity contribution in [1.29, 1.82) is 0 Å². The van der Waals surface area contributed by atoms with Gasteiger partial charge in [-0.05, 0) is 20.3 Å². The molecule has 17 heavy (non-hydrogen) atoms. The molecule has 0 spiro atoms. The van der Waals surface area contributed by atoms with Crippen LogP contribution >= 0.6 is 7.60 Å². The molecule has 100 valence electrons.